The first-order valence-electron chi connectivity index (χ1n) is 10.2. The van der Waals surface area contributed by atoms with Crippen LogP contribution in [0.2, 0.25) is 0 Å². The molecule has 1 aliphatic rings. The molecule has 1 aromatic carbocycles. The Balaban J connectivity index is 1.72. The van der Waals surface area contributed by atoms with E-state index in [4.69, 9.17) is 4.74 Å². The first-order valence-corrected chi connectivity index (χ1v) is 10.2. The second-order valence-electron chi connectivity index (χ2n) is 8.48. The van der Waals surface area contributed by atoms with Crippen molar-refractivity contribution in [1.29, 1.82) is 0 Å². The lowest BCUT2D eigenvalue weighted by atomic mass is 10.1. The van der Waals surface area contributed by atoms with Crippen molar-refractivity contribution >= 4 is 22.8 Å². The number of hydrogen-bond donors (Lipinski definition) is 0. The molecule has 7 heteroatoms. The Bertz CT molecular complexity index is 968. The Morgan fingerprint density at radius 2 is 1.86 bits per heavy atom. The van der Waals surface area contributed by atoms with Crippen molar-refractivity contribution in [2.45, 2.75) is 47.1 Å². The number of hydrogen-bond acceptors (Lipinski definition) is 5. The third-order valence-electron chi connectivity index (χ3n) is 4.90. The normalized spacial score (nSPS) is 13.2. The molecule has 1 aliphatic heterocycles. The number of ether oxygens (including phenoxy) is 1. The SMILES string of the molecule is CC(C)CN(CC(C)C)C(=O)COC(=O)c1ccc2c(=O)n3c(nc2c1)CCC3. The zero-order valence-corrected chi connectivity index (χ0v) is 17.6. The molecule has 7 nitrogen and oxygen atoms in total. The van der Waals surface area contributed by atoms with E-state index in [-0.39, 0.29) is 18.1 Å². The van der Waals surface area contributed by atoms with Gasteiger partial charge < -0.3 is 9.64 Å². The number of rotatable bonds is 7. The quantitative estimate of drug-likeness (QED) is 0.669. The van der Waals surface area contributed by atoms with Gasteiger partial charge in [-0.2, -0.15) is 0 Å². The van der Waals surface area contributed by atoms with E-state index >= 15 is 0 Å². The van der Waals surface area contributed by atoms with Gasteiger partial charge in [-0.1, -0.05) is 27.7 Å². The lowest BCUT2D eigenvalue weighted by Gasteiger charge is -2.26. The van der Waals surface area contributed by atoms with Crippen LogP contribution in [0, 0.1) is 11.8 Å². The van der Waals surface area contributed by atoms with Gasteiger partial charge in [-0.05, 0) is 36.5 Å². The van der Waals surface area contributed by atoms with Crippen molar-refractivity contribution in [2.24, 2.45) is 11.8 Å². The minimum atomic E-state index is -0.586. The molecule has 1 amide bonds. The fraction of sp³-hybridized carbons (Fsp3) is 0.545. The summed E-state index contributed by atoms with van der Waals surface area (Å²) in [6, 6.07) is 4.74. The minimum Gasteiger partial charge on any atom is -0.452 e. The molecule has 0 bridgehead atoms. The highest BCUT2D eigenvalue weighted by molar-refractivity contribution is 5.95. The topological polar surface area (TPSA) is 81.5 Å². The summed E-state index contributed by atoms with van der Waals surface area (Å²) >= 11 is 0. The molecule has 0 atom stereocenters. The molecule has 3 rings (SSSR count). The summed E-state index contributed by atoms with van der Waals surface area (Å²) in [7, 11) is 0. The van der Waals surface area contributed by atoms with Crippen molar-refractivity contribution in [3.8, 4) is 0 Å². The van der Waals surface area contributed by atoms with Gasteiger partial charge in [-0.25, -0.2) is 9.78 Å². The predicted molar refractivity (Wildman–Crippen MR) is 111 cm³/mol. The van der Waals surface area contributed by atoms with Gasteiger partial charge in [-0.15, -0.1) is 0 Å². The number of aromatic nitrogens is 2. The van der Waals surface area contributed by atoms with E-state index in [2.05, 4.69) is 4.98 Å². The van der Waals surface area contributed by atoms with E-state index in [1.807, 2.05) is 27.7 Å². The highest BCUT2D eigenvalue weighted by Crippen LogP contribution is 2.17. The largest absolute Gasteiger partial charge is 0.452 e. The maximum atomic E-state index is 12.5. The number of fused-ring (bicyclic) bond motifs is 2. The molecule has 0 aliphatic carbocycles. The molecule has 0 spiro atoms. The average molecular weight is 399 g/mol. The van der Waals surface area contributed by atoms with Gasteiger partial charge in [0, 0.05) is 26.1 Å². The number of carbonyl (C=O) groups is 2. The lowest BCUT2D eigenvalue weighted by Crippen LogP contribution is -2.39. The number of amides is 1. The first kappa shape index (κ1) is 21.0. The van der Waals surface area contributed by atoms with E-state index in [0.29, 0.717) is 47.9 Å². The van der Waals surface area contributed by atoms with Crippen LogP contribution in [-0.2, 0) is 22.5 Å². The van der Waals surface area contributed by atoms with E-state index in [0.717, 1.165) is 18.7 Å². The van der Waals surface area contributed by atoms with Crippen LogP contribution in [0.5, 0.6) is 0 Å². The number of benzene rings is 1. The highest BCUT2D eigenvalue weighted by Gasteiger charge is 2.20. The van der Waals surface area contributed by atoms with Gasteiger partial charge >= 0.3 is 5.97 Å². The fourth-order valence-corrected chi connectivity index (χ4v) is 3.67. The summed E-state index contributed by atoms with van der Waals surface area (Å²) in [5.74, 6) is 0.635. The molecule has 2 heterocycles. The first-order chi connectivity index (χ1) is 13.8. The smallest absolute Gasteiger partial charge is 0.338 e. The van der Waals surface area contributed by atoms with Crippen LogP contribution < -0.4 is 5.56 Å². The monoisotopic (exact) mass is 399 g/mol. The number of carbonyl (C=O) groups excluding carboxylic acids is 2. The number of nitrogens with zero attached hydrogens (tertiary/aromatic N) is 3. The molecule has 29 heavy (non-hydrogen) atoms. The molecule has 0 saturated heterocycles. The van der Waals surface area contributed by atoms with Crippen molar-refractivity contribution in [2.75, 3.05) is 19.7 Å². The molecule has 0 radical (unpaired) electrons. The van der Waals surface area contributed by atoms with Gasteiger partial charge in [0.05, 0.1) is 16.5 Å². The maximum Gasteiger partial charge on any atom is 0.338 e. The molecule has 156 valence electrons. The summed E-state index contributed by atoms with van der Waals surface area (Å²) in [6.45, 7) is 9.85. The lowest BCUT2D eigenvalue weighted by molar-refractivity contribution is -0.135. The summed E-state index contributed by atoms with van der Waals surface area (Å²) in [6.07, 6.45) is 1.66. The van der Waals surface area contributed by atoms with Crippen molar-refractivity contribution in [1.82, 2.24) is 14.5 Å². The highest BCUT2D eigenvalue weighted by atomic mass is 16.5. The Hall–Kier alpha value is -2.70. The molecule has 0 N–H and O–H groups in total. The fourth-order valence-electron chi connectivity index (χ4n) is 3.67. The van der Waals surface area contributed by atoms with Crippen molar-refractivity contribution < 1.29 is 14.3 Å². The van der Waals surface area contributed by atoms with Gasteiger partial charge in [0.25, 0.3) is 11.5 Å². The van der Waals surface area contributed by atoms with Gasteiger partial charge in [0.2, 0.25) is 0 Å². The molecule has 0 saturated carbocycles. The summed E-state index contributed by atoms with van der Waals surface area (Å²) < 4.78 is 6.96. The third-order valence-corrected chi connectivity index (χ3v) is 4.90. The third kappa shape index (κ3) is 4.83. The standard InChI is InChI=1S/C22H29N3O4/c1-14(2)11-24(12-15(3)4)20(26)13-29-22(28)16-7-8-17-18(10-16)23-19-6-5-9-25(19)21(17)27/h7-8,10,14-15H,5-6,9,11-13H2,1-4H3. The molecular formula is C22H29N3O4. The van der Waals surface area contributed by atoms with Crippen LogP contribution in [-0.4, -0.2) is 46.0 Å². The molecule has 2 aromatic rings. The zero-order valence-electron chi connectivity index (χ0n) is 17.6. The van der Waals surface area contributed by atoms with Crippen molar-refractivity contribution in [3.63, 3.8) is 0 Å². The van der Waals surface area contributed by atoms with Crippen LogP contribution >= 0.6 is 0 Å². The number of esters is 1. The Morgan fingerprint density at radius 3 is 2.52 bits per heavy atom. The molecule has 0 fully saturated rings. The van der Waals surface area contributed by atoms with Crippen LogP contribution in [0.25, 0.3) is 10.9 Å². The van der Waals surface area contributed by atoms with E-state index < -0.39 is 5.97 Å². The maximum absolute atomic E-state index is 12.5. The van der Waals surface area contributed by atoms with E-state index in [9.17, 15) is 14.4 Å². The van der Waals surface area contributed by atoms with Crippen LogP contribution in [0.15, 0.2) is 23.0 Å². The Kier molecular flexibility index (Phi) is 6.35. The zero-order chi connectivity index (χ0) is 21.1. The van der Waals surface area contributed by atoms with Gasteiger partial charge in [0.15, 0.2) is 6.61 Å². The van der Waals surface area contributed by atoms with Gasteiger partial charge in [-0.3, -0.25) is 14.2 Å². The average Bonchev–Trinajstić information content (AvgIpc) is 3.13. The minimum absolute atomic E-state index is 0.0735. The summed E-state index contributed by atoms with van der Waals surface area (Å²) in [5.41, 5.74) is 0.709. The number of aryl methyl sites for hydroxylation is 1. The molecular weight excluding hydrogens is 370 g/mol. The predicted octanol–water partition coefficient (Wildman–Crippen LogP) is 2.64. The summed E-state index contributed by atoms with van der Waals surface area (Å²) in [4.78, 5) is 43.8. The van der Waals surface area contributed by atoms with Crippen molar-refractivity contribution in [3.05, 3.63) is 39.9 Å². The van der Waals surface area contributed by atoms with Crippen LogP contribution in [0.4, 0.5) is 0 Å². The summed E-state index contributed by atoms with van der Waals surface area (Å²) in [5, 5.41) is 0.489. The van der Waals surface area contributed by atoms with Gasteiger partial charge in [0.1, 0.15) is 5.82 Å². The second-order valence-corrected chi connectivity index (χ2v) is 8.48. The van der Waals surface area contributed by atoms with E-state index in [1.54, 1.807) is 27.7 Å². The molecule has 1 aromatic heterocycles. The molecule has 0 unspecified atom stereocenters. The van der Waals surface area contributed by atoms with Crippen LogP contribution in [0.1, 0.15) is 50.3 Å². The van der Waals surface area contributed by atoms with E-state index in [1.165, 1.54) is 0 Å². The Morgan fingerprint density at radius 1 is 1.17 bits per heavy atom. The van der Waals surface area contributed by atoms with Crippen LogP contribution in [0.3, 0.4) is 0 Å². The Labute approximate surface area is 170 Å². The second kappa shape index (κ2) is 8.76.